The molecule has 144 valence electrons. The zero-order valence-electron chi connectivity index (χ0n) is 14.5. The Hall–Kier alpha value is -3.12. The molecule has 1 heterocycles. The summed E-state index contributed by atoms with van der Waals surface area (Å²) in [6.45, 7) is -2.67. The largest absolute Gasteiger partial charge is 0.486 e. The van der Waals surface area contributed by atoms with Crippen molar-refractivity contribution >= 4 is 23.5 Å². The van der Waals surface area contributed by atoms with Gasteiger partial charge in [0.15, 0.2) is 5.78 Å². The number of rotatable bonds is 8. The minimum Gasteiger partial charge on any atom is -0.486 e. The lowest BCUT2D eigenvalue weighted by Crippen LogP contribution is -2.02. The second kappa shape index (κ2) is 9.19. The molecule has 0 spiro atoms. The number of alkyl halides is 2. The molecule has 0 N–H and O–H groups in total. The van der Waals surface area contributed by atoms with E-state index in [1.807, 2.05) is 0 Å². The predicted octanol–water partition coefficient (Wildman–Crippen LogP) is 6.01. The fraction of sp³-hybridized carbons (Fsp3) is 0.0952. The van der Waals surface area contributed by atoms with Gasteiger partial charge in [0.25, 0.3) is 0 Å². The van der Waals surface area contributed by atoms with Gasteiger partial charge in [-0.3, -0.25) is 4.79 Å². The van der Waals surface area contributed by atoms with Crippen molar-refractivity contribution in [2.75, 3.05) is 0 Å². The monoisotopic (exact) mass is 404 g/mol. The minimum absolute atomic E-state index is 0.00751. The standard InChI is InChI=1S/C21H15ClF2O4/c22-15-3-7-16(8-4-15)26-13-19-10-9-17(27-19)11-12-20(25)14-1-5-18(6-2-14)28-21(23)24/h1-12,21H,13H2/b12-11+. The van der Waals surface area contributed by atoms with Crippen molar-refractivity contribution in [1.82, 2.24) is 0 Å². The van der Waals surface area contributed by atoms with Gasteiger partial charge in [0, 0.05) is 10.6 Å². The van der Waals surface area contributed by atoms with E-state index in [2.05, 4.69) is 4.74 Å². The Morgan fingerprint density at radius 2 is 1.68 bits per heavy atom. The van der Waals surface area contributed by atoms with Crippen LogP contribution in [-0.2, 0) is 6.61 Å². The Labute approximate surface area is 164 Å². The fourth-order valence-corrected chi connectivity index (χ4v) is 2.43. The van der Waals surface area contributed by atoms with Crippen LogP contribution in [0.3, 0.4) is 0 Å². The van der Waals surface area contributed by atoms with Crippen LogP contribution < -0.4 is 9.47 Å². The lowest BCUT2D eigenvalue weighted by molar-refractivity contribution is -0.0498. The number of halogens is 3. The highest BCUT2D eigenvalue weighted by atomic mass is 35.5. The van der Waals surface area contributed by atoms with Gasteiger partial charge in [-0.15, -0.1) is 0 Å². The van der Waals surface area contributed by atoms with Crippen LogP contribution >= 0.6 is 11.6 Å². The predicted molar refractivity (Wildman–Crippen MR) is 101 cm³/mol. The van der Waals surface area contributed by atoms with Crippen molar-refractivity contribution in [3.63, 3.8) is 0 Å². The van der Waals surface area contributed by atoms with E-state index in [1.54, 1.807) is 36.4 Å². The zero-order valence-corrected chi connectivity index (χ0v) is 15.2. The SMILES string of the molecule is O=C(/C=C/c1ccc(COc2ccc(Cl)cc2)o1)c1ccc(OC(F)F)cc1. The number of hydrogen-bond donors (Lipinski definition) is 0. The molecule has 2 aromatic carbocycles. The molecule has 7 heteroatoms. The third-order valence-corrected chi connectivity index (χ3v) is 3.89. The number of furan rings is 1. The summed E-state index contributed by atoms with van der Waals surface area (Å²) in [5.41, 5.74) is 0.343. The molecule has 0 aliphatic carbocycles. The van der Waals surface area contributed by atoms with E-state index in [-0.39, 0.29) is 18.1 Å². The average molecular weight is 405 g/mol. The minimum atomic E-state index is -2.90. The molecule has 0 amide bonds. The summed E-state index contributed by atoms with van der Waals surface area (Å²) >= 11 is 5.82. The maximum atomic E-state index is 12.1. The molecule has 0 bridgehead atoms. The lowest BCUT2D eigenvalue weighted by atomic mass is 10.1. The van der Waals surface area contributed by atoms with Gasteiger partial charge in [0.2, 0.25) is 0 Å². The number of carbonyl (C=O) groups excluding carboxylic acids is 1. The van der Waals surface area contributed by atoms with Crippen molar-refractivity contribution in [2.45, 2.75) is 13.2 Å². The van der Waals surface area contributed by atoms with Gasteiger partial charge >= 0.3 is 6.61 Å². The summed E-state index contributed by atoms with van der Waals surface area (Å²) < 4.78 is 39.7. The van der Waals surface area contributed by atoms with Crippen LogP contribution in [0.2, 0.25) is 5.02 Å². The highest BCUT2D eigenvalue weighted by Crippen LogP contribution is 2.19. The van der Waals surface area contributed by atoms with Gasteiger partial charge in [-0.05, 0) is 72.8 Å². The molecule has 0 fully saturated rings. The lowest BCUT2D eigenvalue weighted by Gasteiger charge is -2.04. The second-order valence-corrected chi connectivity index (χ2v) is 6.08. The topological polar surface area (TPSA) is 48.7 Å². The highest BCUT2D eigenvalue weighted by Gasteiger charge is 2.07. The number of ketones is 1. The summed E-state index contributed by atoms with van der Waals surface area (Å²) in [6.07, 6.45) is 2.86. The Balaban J connectivity index is 1.55. The van der Waals surface area contributed by atoms with E-state index in [0.717, 1.165) is 0 Å². The molecule has 4 nitrogen and oxygen atoms in total. The zero-order chi connectivity index (χ0) is 19.9. The first kappa shape index (κ1) is 19.6. The fourth-order valence-electron chi connectivity index (χ4n) is 2.30. The molecule has 0 aliphatic heterocycles. The van der Waals surface area contributed by atoms with Crippen molar-refractivity contribution in [1.29, 1.82) is 0 Å². The highest BCUT2D eigenvalue weighted by molar-refractivity contribution is 6.30. The molecule has 0 saturated heterocycles. The smallest absolute Gasteiger partial charge is 0.387 e. The maximum absolute atomic E-state index is 12.1. The quantitative estimate of drug-likeness (QED) is 0.341. The van der Waals surface area contributed by atoms with Crippen LogP contribution in [0.25, 0.3) is 6.08 Å². The molecule has 0 atom stereocenters. The molecule has 0 aliphatic rings. The molecular formula is C21H15ClF2O4. The second-order valence-electron chi connectivity index (χ2n) is 5.65. The van der Waals surface area contributed by atoms with Crippen molar-refractivity contribution in [3.05, 3.63) is 88.8 Å². The summed E-state index contributed by atoms with van der Waals surface area (Å²) in [5.74, 6) is 1.44. The number of ether oxygens (including phenoxy) is 2. The third-order valence-electron chi connectivity index (χ3n) is 3.64. The summed E-state index contributed by atoms with van der Waals surface area (Å²) in [5, 5.41) is 0.624. The summed E-state index contributed by atoms with van der Waals surface area (Å²) in [6, 6.07) is 15.9. The maximum Gasteiger partial charge on any atom is 0.387 e. The van der Waals surface area contributed by atoms with Crippen LogP contribution in [0.5, 0.6) is 11.5 Å². The Bertz CT molecular complexity index is 947. The summed E-state index contributed by atoms with van der Waals surface area (Å²) in [7, 11) is 0. The van der Waals surface area contributed by atoms with Crippen molar-refractivity contribution in [2.24, 2.45) is 0 Å². The normalized spacial score (nSPS) is 11.1. The van der Waals surface area contributed by atoms with Crippen LogP contribution in [0, 0.1) is 0 Å². The Morgan fingerprint density at radius 1 is 1.00 bits per heavy atom. The van der Waals surface area contributed by atoms with E-state index in [9.17, 15) is 13.6 Å². The van der Waals surface area contributed by atoms with Crippen LogP contribution in [0.15, 0.2) is 71.2 Å². The van der Waals surface area contributed by atoms with Gasteiger partial charge in [-0.1, -0.05) is 11.6 Å². The van der Waals surface area contributed by atoms with Crippen LogP contribution in [-0.4, -0.2) is 12.4 Å². The molecular weight excluding hydrogens is 390 g/mol. The van der Waals surface area contributed by atoms with Gasteiger partial charge < -0.3 is 13.9 Å². The van der Waals surface area contributed by atoms with Crippen LogP contribution in [0.1, 0.15) is 21.9 Å². The van der Waals surface area contributed by atoms with Gasteiger partial charge in [-0.2, -0.15) is 8.78 Å². The molecule has 0 unspecified atom stereocenters. The van der Waals surface area contributed by atoms with Gasteiger partial charge in [-0.25, -0.2) is 0 Å². The third kappa shape index (κ3) is 5.69. The number of allylic oxidation sites excluding steroid dienone is 1. The van der Waals surface area contributed by atoms with Gasteiger partial charge in [0.05, 0.1) is 0 Å². The van der Waals surface area contributed by atoms with E-state index in [1.165, 1.54) is 36.4 Å². The van der Waals surface area contributed by atoms with Gasteiger partial charge in [0.1, 0.15) is 29.6 Å². The molecule has 1 aromatic heterocycles. The first-order valence-electron chi connectivity index (χ1n) is 8.24. The van der Waals surface area contributed by atoms with E-state index in [0.29, 0.717) is 27.9 Å². The molecule has 0 radical (unpaired) electrons. The first-order chi connectivity index (χ1) is 13.5. The molecule has 3 aromatic rings. The molecule has 0 saturated carbocycles. The average Bonchev–Trinajstić information content (AvgIpc) is 3.14. The first-order valence-corrected chi connectivity index (χ1v) is 8.62. The van der Waals surface area contributed by atoms with E-state index < -0.39 is 6.61 Å². The number of hydrogen-bond acceptors (Lipinski definition) is 4. The summed E-state index contributed by atoms with van der Waals surface area (Å²) in [4.78, 5) is 12.1. The number of benzene rings is 2. The Kier molecular flexibility index (Phi) is 6.45. The number of carbonyl (C=O) groups is 1. The van der Waals surface area contributed by atoms with Crippen molar-refractivity contribution < 1.29 is 27.5 Å². The Morgan fingerprint density at radius 3 is 2.36 bits per heavy atom. The van der Waals surface area contributed by atoms with Crippen molar-refractivity contribution in [3.8, 4) is 11.5 Å². The van der Waals surface area contributed by atoms with E-state index >= 15 is 0 Å². The van der Waals surface area contributed by atoms with E-state index in [4.69, 9.17) is 20.8 Å². The van der Waals surface area contributed by atoms with Crippen LogP contribution in [0.4, 0.5) is 8.78 Å². The molecule has 3 rings (SSSR count). The molecule has 28 heavy (non-hydrogen) atoms.